The maximum Gasteiger partial charge on any atom is 0.234 e. The fourth-order valence-electron chi connectivity index (χ4n) is 2.11. The lowest BCUT2D eigenvalue weighted by atomic mass is 10.2. The first-order chi connectivity index (χ1) is 12.5. The Labute approximate surface area is 159 Å². The molecule has 134 valence electrons. The van der Waals surface area contributed by atoms with Crippen LogP contribution in [-0.2, 0) is 4.79 Å². The predicted octanol–water partition coefficient (Wildman–Crippen LogP) is 3.43. The van der Waals surface area contributed by atoms with Crippen molar-refractivity contribution in [3.8, 4) is 11.4 Å². The maximum atomic E-state index is 13.5. The van der Waals surface area contributed by atoms with E-state index in [9.17, 15) is 13.6 Å². The first-order valence-corrected chi connectivity index (χ1v) is 9.06. The van der Waals surface area contributed by atoms with E-state index in [4.69, 9.17) is 5.84 Å². The van der Waals surface area contributed by atoms with Gasteiger partial charge in [-0.1, -0.05) is 39.8 Å². The van der Waals surface area contributed by atoms with Gasteiger partial charge in [-0.2, -0.15) is 0 Å². The Hall–Kier alpha value is -2.46. The molecular formula is C16H12BrF2N5OS. The van der Waals surface area contributed by atoms with E-state index in [0.29, 0.717) is 11.0 Å². The number of nitrogens with two attached hydrogens (primary N) is 1. The number of amides is 1. The van der Waals surface area contributed by atoms with Gasteiger partial charge >= 0.3 is 0 Å². The molecule has 0 aliphatic carbocycles. The molecule has 0 aliphatic heterocycles. The number of thioether (sulfide) groups is 1. The second-order valence-corrected chi connectivity index (χ2v) is 6.91. The highest BCUT2D eigenvalue weighted by Crippen LogP contribution is 2.28. The van der Waals surface area contributed by atoms with Gasteiger partial charge in [0.05, 0.1) is 11.4 Å². The molecule has 10 heteroatoms. The molecule has 0 saturated heterocycles. The molecule has 0 radical (unpaired) electrons. The second kappa shape index (κ2) is 7.83. The van der Waals surface area contributed by atoms with Crippen molar-refractivity contribution in [2.75, 3.05) is 16.9 Å². The largest absolute Gasteiger partial charge is 0.335 e. The molecule has 0 spiro atoms. The summed E-state index contributed by atoms with van der Waals surface area (Å²) < 4.78 is 28.7. The molecule has 0 unspecified atom stereocenters. The van der Waals surface area contributed by atoms with E-state index in [1.54, 1.807) is 0 Å². The van der Waals surface area contributed by atoms with E-state index in [1.807, 2.05) is 24.3 Å². The van der Waals surface area contributed by atoms with Crippen LogP contribution in [0.5, 0.6) is 0 Å². The number of hydrogen-bond donors (Lipinski definition) is 2. The SMILES string of the molecule is Nn1c(SCC(=O)Nc2cc(F)ccc2F)nnc1-c1ccccc1Br. The lowest BCUT2D eigenvalue weighted by Crippen LogP contribution is -2.17. The van der Waals surface area contributed by atoms with Gasteiger partial charge in [-0.15, -0.1) is 10.2 Å². The maximum absolute atomic E-state index is 13.5. The van der Waals surface area contributed by atoms with Crippen molar-refractivity contribution in [3.63, 3.8) is 0 Å². The number of carbonyl (C=O) groups is 1. The molecule has 26 heavy (non-hydrogen) atoms. The smallest absolute Gasteiger partial charge is 0.234 e. The summed E-state index contributed by atoms with van der Waals surface area (Å²) in [6.07, 6.45) is 0. The Morgan fingerprint density at radius 3 is 2.77 bits per heavy atom. The minimum atomic E-state index is -0.719. The van der Waals surface area contributed by atoms with Gasteiger partial charge in [0, 0.05) is 16.1 Å². The summed E-state index contributed by atoms with van der Waals surface area (Å²) in [6.45, 7) is 0. The van der Waals surface area contributed by atoms with Crippen molar-refractivity contribution in [1.29, 1.82) is 0 Å². The third-order valence-corrected chi connectivity index (χ3v) is 4.95. The molecule has 0 saturated carbocycles. The zero-order valence-corrected chi connectivity index (χ0v) is 15.5. The minimum Gasteiger partial charge on any atom is -0.335 e. The Morgan fingerprint density at radius 1 is 1.23 bits per heavy atom. The summed E-state index contributed by atoms with van der Waals surface area (Å²) in [7, 11) is 0. The number of hydrogen-bond acceptors (Lipinski definition) is 5. The van der Waals surface area contributed by atoms with Crippen LogP contribution in [0.25, 0.3) is 11.4 Å². The van der Waals surface area contributed by atoms with Crippen molar-refractivity contribution in [2.45, 2.75) is 5.16 Å². The number of aromatic nitrogens is 3. The van der Waals surface area contributed by atoms with Crippen LogP contribution in [0.1, 0.15) is 0 Å². The van der Waals surface area contributed by atoms with Gasteiger partial charge in [0.15, 0.2) is 5.82 Å². The molecule has 0 bridgehead atoms. The van der Waals surface area contributed by atoms with Crippen molar-refractivity contribution >= 4 is 39.3 Å². The highest BCUT2D eigenvalue weighted by molar-refractivity contribution is 9.10. The first-order valence-electron chi connectivity index (χ1n) is 7.29. The summed E-state index contributed by atoms with van der Waals surface area (Å²) in [5, 5.41) is 10.6. The lowest BCUT2D eigenvalue weighted by Gasteiger charge is -2.07. The summed E-state index contributed by atoms with van der Waals surface area (Å²) in [5.74, 6) is 4.44. The standard InChI is InChI=1S/C16H12BrF2N5OS/c17-11-4-2-1-3-10(11)15-22-23-16(24(15)20)26-8-14(25)21-13-7-9(18)5-6-12(13)19/h1-7H,8,20H2,(H,21,25). The molecule has 3 N–H and O–H groups in total. The van der Waals surface area contributed by atoms with Gasteiger partial charge in [0.2, 0.25) is 11.1 Å². The fraction of sp³-hybridized carbons (Fsp3) is 0.0625. The average Bonchev–Trinajstić information content (AvgIpc) is 2.97. The molecule has 2 aromatic carbocycles. The second-order valence-electron chi connectivity index (χ2n) is 5.12. The van der Waals surface area contributed by atoms with Crippen molar-refractivity contribution < 1.29 is 13.6 Å². The third-order valence-electron chi connectivity index (χ3n) is 3.31. The zero-order chi connectivity index (χ0) is 18.7. The number of benzene rings is 2. The highest BCUT2D eigenvalue weighted by atomic mass is 79.9. The van der Waals surface area contributed by atoms with Crippen LogP contribution in [0, 0.1) is 11.6 Å². The molecule has 0 fully saturated rings. The minimum absolute atomic E-state index is 0.0960. The van der Waals surface area contributed by atoms with Crippen molar-refractivity contribution in [3.05, 3.63) is 58.6 Å². The van der Waals surface area contributed by atoms with Crippen molar-refractivity contribution in [1.82, 2.24) is 14.9 Å². The summed E-state index contributed by atoms with van der Waals surface area (Å²) in [6, 6.07) is 10.2. The number of nitrogens with one attached hydrogen (secondary N) is 1. The molecule has 0 aliphatic rings. The van der Waals surface area contributed by atoms with E-state index in [1.165, 1.54) is 4.68 Å². The van der Waals surface area contributed by atoms with Crippen LogP contribution in [0.4, 0.5) is 14.5 Å². The summed E-state index contributed by atoms with van der Waals surface area (Å²) in [5.41, 5.74) is 0.527. The predicted molar refractivity (Wildman–Crippen MR) is 99.0 cm³/mol. The van der Waals surface area contributed by atoms with E-state index in [0.717, 1.165) is 40.0 Å². The molecule has 0 atom stereocenters. The van der Waals surface area contributed by atoms with Gasteiger partial charge in [-0.3, -0.25) is 4.79 Å². The molecule has 3 aromatic rings. The third kappa shape index (κ3) is 4.02. The number of carbonyl (C=O) groups excluding carboxylic acids is 1. The van der Waals surface area contributed by atoms with Crippen LogP contribution >= 0.6 is 27.7 Å². The number of nitrogens with zero attached hydrogens (tertiary/aromatic N) is 3. The van der Waals surface area contributed by atoms with Crippen LogP contribution in [-0.4, -0.2) is 26.5 Å². The van der Waals surface area contributed by atoms with Crippen LogP contribution in [0.3, 0.4) is 0 Å². The molecule has 1 aromatic heterocycles. The molecule has 1 amide bonds. The van der Waals surface area contributed by atoms with Crippen molar-refractivity contribution in [2.24, 2.45) is 0 Å². The zero-order valence-electron chi connectivity index (χ0n) is 13.1. The highest BCUT2D eigenvalue weighted by Gasteiger charge is 2.16. The number of nitrogen functional groups attached to an aromatic ring is 1. The molecule has 6 nitrogen and oxygen atoms in total. The lowest BCUT2D eigenvalue weighted by molar-refractivity contribution is -0.113. The molecule has 1 heterocycles. The number of halogens is 3. The number of rotatable bonds is 5. The monoisotopic (exact) mass is 439 g/mol. The van der Waals surface area contributed by atoms with Gasteiger partial charge < -0.3 is 11.2 Å². The van der Waals surface area contributed by atoms with Gasteiger partial charge in [-0.05, 0) is 24.3 Å². The van der Waals surface area contributed by atoms with Crippen LogP contribution in [0.15, 0.2) is 52.1 Å². The quantitative estimate of drug-likeness (QED) is 0.469. The van der Waals surface area contributed by atoms with Gasteiger partial charge in [-0.25, -0.2) is 13.5 Å². The topological polar surface area (TPSA) is 85.8 Å². The summed E-state index contributed by atoms with van der Waals surface area (Å²) in [4.78, 5) is 12.0. The van der Waals surface area contributed by atoms with E-state index >= 15 is 0 Å². The Balaban J connectivity index is 1.68. The molecule has 3 rings (SSSR count). The normalized spacial score (nSPS) is 10.7. The number of anilines is 1. The first kappa shape index (κ1) is 18.3. The Bertz CT molecular complexity index is 966. The van der Waals surface area contributed by atoms with E-state index in [-0.39, 0.29) is 11.4 Å². The Kier molecular flexibility index (Phi) is 5.52. The molecular weight excluding hydrogens is 428 g/mol. The Morgan fingerprint density at radius 2 is 2.00 bits per heavy atom. The van der Waals surface area contributed by atoms with Gasteiger partial charge in [0.25, 0.3) is 0 Å². The van der Waals surface area contributed by atoms with Crippen LogP contribution in [0.2, 0.25) is 0 Å². The van der Waals surface area contributed by atoms with E-state index in [2.05, 4.69) is 31.4 Å². The van der Waals surface area contributed by atoms with Gasteiger partial charge in [0.1, 0.15) is 11.6 Å². The van der Waals surface area contributed by atoms with Crippen LogP contribution < -0.4 is 11.2 Å². The van der Waals surface area contributed by atoms with E-state index < -0.39 is 17.5 Å². The summed E-state index contributed by atoms with van der Waals surface area (Å²) >= 11 is 4.44. The fourth-order valence-corrected chi connectivity index (χ4v) is 3.23. The average molecular weight is 440 g/mol.